The van der Waals surface area contributed by atoms with Crippen LogP contribution < -0.4 is 0 Å². The lowest BCUT2D eigenvalue weighted by molar-refractivity contribution is 0.0661. The first kappa shape index (κ1) is 10.5. The first-order valence-electron chi connectivity index (χ1n) is 3.67. The van der Waals surface area contributed by atoms with Gasteiger partial charge in [-0.05, 0) is 12.1 Å². The van der Waals surface area contributed by atoms with Crippen molar-refractivity contribution in [1.29, 1.82) is 5.26 Å². The molecule has 0 aliphatic rings. The monoisotopic (exact) mass is 213 g/mol. The van der Waals surface area contributed by atoms with Crippen molar-refractivity contribution in [3.8, 4) is 6.07 Å². The lowest BCUT2D eigenvalue weighted by atomic mass is 10.4. The van der Waals surface area contributed by atoms with Crippen molar-refractivity contribution < 1.29 is 18.5 Å². The van der Waals surface area contributed by atoms with Gasteiger partial charge in [-0.1, -0.05) is 0 Å². The van der Waals surface area contributed by atoms with Gasteiger partial charge in [0.1, 0.15) is 11.5 Å². The van der Waals surface area contributed by atoms with Crippen LogP contribution in [-0.4, -0.2) is 21.0 Å². The summed E-state index contributed by atoms with van der Waals surface area (Å²) in [7, 11) is -1.32. The number of hydrogen-bond donors (Lipinski definition) is 1. The summed E-state index contributed by atoms with van der Waals surface area (Å²) in [5, 5.41) is 16.8. The number of carbonyl (C=O) groups is 1. The second-order valence-electron chi connectivity index (χ2n) is 2.46. The molecule has 0 saturated carbocycles. The molecule has 1 rings (SSSR count). The summed E-state index contributed by atoms with van der Waals surface area (Å²) in [6.45, 7) is 0. The molecule has 5 nitrogen and oxygen atoms in total. The van der Waals surface area contributed by atoms with E-state index < -0.39 is 16.8 Å². The summed E-state index contributed by atoms with van der Waals surface area (Å²) >= 11 is 0. The molecule has 0 saturated heterocycles. The fraction of sp³-hybridized carbons (Fsp3) is 0.250. The zero-order chi connectivity index (χ0) is 10.6. The highest BCUT2D eigenvalue weighted by Gasteiger charge is 2.10. The Bertz CT molecular complexity index is 404. The molecule has 1 aromatic heterocycles. The molecular formula is C8H7NO4S. The maximum absolute atomic E-state index is 11.1. The topological polar surface area (TPSA) is 91.3 Å². The first-order valence-corrected chi connectivity index (χ1v) is 5.16. The number of rotatable bonds is 4. The average Bonchev–Trinajstić information content (AvgIpc) is 2.53. The zero-order valence-corrected chi connectivity index (χ0v) is 7.91. The van der Waals surface area contributed by atoms with Crippen LogP contribution in [0.25, 0.3) is 0 Å². The van der Waals surface area contributed by atoms with Crippen LogP contribution in [0.15, 0.2) is 16.5 Å². The lowest BCUT2D eigenvalue weighted by Gasteiger charge is -1.92. The van der Waals surface area contributed by atoms with E-state index >= 15 is 0 Å². The molecule has 0 aliphatic heterocycles. The molecule has 14 heavy (non-hydrogen) atoms. The molecule has 1 unspecified atom stereocenters. The van der Waals surface area contributed by atoms with E-state index in [9.17, 15) is 9.00 Å². The molecule has 0 amide bonds. The van der Waals surface area contributed by atoms with Crippen LogP contribution >= 0.6 is 0 Å². The molecular weight excluding hydrogens is 206 g/mol. The Kier molecular flexibility index (Phi) is 3.42. The summed E-state index contributed by atoms with van der Waals surface area (Å²) in [6.07, 6.45) is 0. The van der Waals surface area contributed by atoms with Crippen molar-refractivity contribution >= 4 is 16.8 Å². The molecule has 0 radical (unpaired) electrons. The second kappa shape index (κ2) is 4.58. The van der Waals surface area contributed by atoms with Crippen LogP contribution in [0.3, 0.4) is 0 Å². The van der Waals surface area contributed by atoms with E-state index in [-0.39, 0.29) is 17.3 Å². The van der Waals surface area contributed by atoms with Gasteiger partial charge in [-0.15, -0.1) is 0 Å². The van der Waals surface area contributed by atoms with Gasteiger partial charge in [-0.2, -0.15) is 5.26 Å². The van der Waals surface area contributed by atoms with E-state index in [2.05, 4.69) is 0 Å². The average molecular weight is 213 g/mol. The SMILES string of the molecule is N#CCS(=O)Cc1ccc(C(=O)O)o1. The molecule has 1 aromatic rings. The summed E-state index contributed by atoms with van der Waals surface area (Å²) in [5.41, 5.74) is 0. The van der Waals surface area contributed by atoms with Crippen LogP contribution in [-0.2, 0) is 16.6 Å². The van der Waals surface area contributed by atoms with E-state index in [4.69, 9.17) is 14.8 Å². The summed E-state index contributed by atoms with van der Waals surface area (Å²) in [4.78, 5) is 10.4. The van der Waals surface area contributed by atoms with Gasteiger partial charge in [-0.25, -0.2) is 4.79 Å². The minimum atomic E-state index is -1.32. The van der Waals surface area contributed by atoms with E-state index in [0.29, 0.717) is 5.76 Å². The quantitative estimate of drug-likeness (QED) is 0.796. The van der Waals surface area contributed by atoms with Crippen molar-refractivity contribution in [3.63, 3.8) is 0 Å². The van der Waals surface area contributed by atoms with Crippen molar-refractivity contribution in [2.75, 3.05) is 5.75 Å². The van der Waals surface area contributed by atoms with Crippen LogP contribution in [0.2, 0.25) is 0 Å². The van der Waals surface area contributed by atoms with E-state index in [1.807, 2.05) is 0 Å². The van der Waals surface area contributed by atoms with Gasteiger partial charge in [0.2, 0.25) is 5.76 Å². The minimum Gasteiger partial charge on any atom is -0.475 e. The largest absolute Gasteiger partial charge is 0.475 e. The fourth-order valence-electron chi connectivity index (χ4n) is 0.852. The second-order valence-corrected chi connectivity index (χ2v) is 3.91. The molecule has 1 atom stereocenters. The molecule has 0 bridgehead atoms. The maximum Gasteiger partial charge on any atom is 0.371 e. The van der Waals surface area contributed by atoms with Gasteiger partial charge < -0.3 is 9.52 Å². The molecule has 1 heterocycles. The van der Waals surface area contributed by atoms with Crippen LogP contribution in [0.4, 0.5) is 0 Å². The predicted molar refractivity (Wildman–Crippen MR) is 48.0 cm³/mol. The number of nitrogens with zero attached hydrogens (tertiary/aromatic N) is 1. The lowest BCUT2D eigenvalue weighted by Crippen LogP contribution is -1.98. The molecule has 74 valence electrons. The van der Waals surface area contributed by atoms with Crippen LogP contribution in [0, 0.1) is 11.3 Å². The molecule has 0 aliphatic carbocycles. The van der Waals surface area contributed by atoms with E-state index in [1.165, 1.54) is 12.1 Å². The Balaban J connectivity index is 2.65. The first-order chi connectivity index (χ1) is 6.63. The predicted octanol–water partition coefficient (Wildman–Crippen LogP) is 0.750. The highest BCUT2D eigenvalue weighted by atomic mass is 32.2. The Labute approximate surface area is 82.4 Å². The Morgan fingerprint density at radius 1 is 1.64 bits per heavy atom. The van der Waals surface area contributed by atoms with E-state index in [1.54, 1.807) is 6.07 Å². The smallest absolute Gasteiger partial charge is 0.371 e. The van der Waals surface area contributed by atoms with Gasteiger partial charge in [0.15, 0.2) is 0 Å². The zero-order valence-electron chi connectivity index (χ0n) is 7.10. The summed E-state index contributed by atoms with van der Waals surface area (Å²) in [6, 6.07) is 4.50. The van der Waals surface area contributed by atoms with Crippen molar-refractivity contribution in [2.24, 2.45) is 0 Å². The number of carboxylic acids is 1. The van der Waals surface area contributed by atoms with Gasteiger partial charge >= 0.3 is 5.97 Å². The number of furan rings is 1. The van der Waals surface area contributed by atoms with Gasteiger partial charge in [0, 0.05) is 10.8 Å². The standard InChI is InChI=1S/C8H7NO4S/c9-3-4-14(12)5-6-1-2-7(13-6)8(10)11/h1-2H,4-5H2,(H,10,11). The number of nitriles is 1. The maximum atomic E-state index is 11.1. The van der Waals surface area contributed by atoms with Crippen molar-refractivity contribution in [2.45, 2.75) is 5.75 Å². The summed E-state index contributed by atoms with van der Waals surface area (Å²) in [5.74, 6) is -1.04. The third-order valence-electron chi connectivity index (χ3n) is 1.40. The highest BCUT2D eigenvalue weighted by molar-refractivity contribution is 7.84. The minimum absolute atomic E-state index is 0.0703. The van der Waals surface area contributed by atoms with Gasteiger partial charge in [0.25, 0.3) is 0 Å². The van der Waals surface area contributed by atoms with E-state index in [0.717, 1.165) is 0 Å². The van der Waals surface area contributed by atoms with Gasteiger partial charge in [-0.3, -0.25) is 4.21 Å². The van der Waals surface area contributed by atoms with Gasteiger partial charge in [0.05, 0.1) is 11.8 Å². The third-order valence-corrected chi connectivity index (χ3v) is 2.46. The number of carboxylic acid groups (broad SMARTS) is 1. The van der Waals surface area contributed by atoms with Crippen LogP contribution in [0.1, 0.15) is 16.3 Å². The third kappa shape index (κ3) is 2.71. The molecule has 1 N–H and O–H groups in total. The molecule has 0 fully saturated rings. The van der Waals surface area contributed by atoms with Crippen LogP contribution in [0.5, 0.6) is 0 Å². The van der Waals surface area contributed by atoms with Crippen molar-refractivity contribution in [1.82, 2.24) is 0 Å². The fourth-order valence-corrected chi connectivity index (χ4v) is 1.57. The molecule has 0 spiro atoms. The number of aromatic carboxylic acids is 1. The Hall–Kier alpha value is -1.61. The normalized spacial score (nSPS) is 11.9. The molecule has 0 aromatic carbocycles. The van der Waals surface area contributed by atoms with Crippen molar-refractivity contribution in [3.05, 3.63) is 23.7 Å². The molecule has 6 heteroatoms. The number of hydrogen-bond acceptors (Lipinski definition) is 4. The Morgan fingerprint density at radius 2 is 2.36 bits per heavy atom. The summed E-state index contributed by atoms with van der Waals surface area (Å²) < 4.78 is 15.9. The highest BCUT2D eigenvalue weighted by Crippen LogP contribution is 2.09. The Morgan fingerprint density at radius 3 is 2.86 bits per heavy atom.